The summed E-state index contributed by atoms with van der Waals surface area (Å²) in [5.41, 5.74) is 1.24. The number of benzene rings is 2. The van der Waals surface area contributed by atoms with Gasteiger partial charge in [0.1, 0.15) is 0 Å². The van der Waals surface area contributed by atoms with Gasteiger partial charge in [0, 0.05) is 42.3 Å². The van der Waals surface area contributed by atoms with Gasteiger partial charge in [-0.15, -0.1) is 0 Å². The molecule has 0 bridgehead atoms. The Labute approximate surface area is 179 Å². The smallest absolute Gasteiger partial charge is 0.257 e. The summed E-state index contributed by atoms with van der Waals surface area (Å²) in [6.45, 7) is 2.80. The van der Waals surface area contributed by atoms with Crippen LogP contribution in [0.2, 0.25) is 5.02 Å². The van der Waals surface area contributed by atoms with Crippen LogP contribution in [0.1, 0.15) is 16.2 Å². The number of hydrogen-bond acceptors (Lipinski definition) is 6. The maximum atomic E-state index is 12.8. The minimum atomic E-state index is -3.64. The lowest BCUT2D eigenvalue weighted by Crippen LogP contribution is -2.50. The van der Waals surface area contributed by atoms with Gasteiger partial charge in [-0.05, 0) is 49.4 Å². The van der Waals surface area contributed by atoms with E-state index in [-0.39, 0.29) is 23.9 Å². The van der Waals surface area contributed by atoms with Crippen LogP contribution >= 0.6 is 11.6 Å². The monoisotopic (exact) mass is 446 g/mol. The van der Waals surface area contributed by atoms with Crippen molar-refractivity contribution >= 4 is 27.5 Å². The fraction of sp³-hybridized carbons (Fsp3) is 0.250. The number of nitrogens with zero attached hydrogens (tertiary/aromatic N) is 4. The van der Waals surface area contributed by atoms with Gasteiger partial charge in [0.25, 0.3) is 11.8 Å². The molecule has 8 nitrogen and oxygen atoms in total. The Bertz CT molecular complexity index is 1170. The summed E-state index contributed by atoms with van der Waals surface area (Å²) < 4.78 is 32.1. The van der Waals surface area contributed by atoms with E-state index in [2.05, 4.69) is 10.1 Å². The van der Waals surface area contributed by atoms with Crippen LogP contribution in [-0.2, 0) is 10.0 Å². The number of amides is 1. The molecule has 10 heteroatoms. The molecule has 2 aromatic carbocycles. The number of aromatic nitrogens is 2. The second-order valence-electron chi connectivity index (χ2n) is 6.88. The fourth-order valence-corrected chi connectivity index (χ4v) is 4.98. The van der Waals surface area contributed by atoms with Crippen LogP contribution < -0.4 is 0 Å². The van der Waals surface area contributed by atoms with Crippen LogP contribution in [0.3, 0.4) is 0 Å². The lowest BCUT2D eigenvalue weighted by atomic mass is 10.1. The number of rotatable bonds is 4. The predicted molar refractivity (Wildman–Crippen MR) is 111 cm³/mol. The van der Waals surface area contributed by atoms with Crippen LogP contribution in [0.4, 0.5) is 0 Å². The molecule has 1 fully saturated rings. The van der Waals surface area contributed by atoms with E-state index in [1.54, 1.807) is 48.2 Å². The van der Waals surface area contributed by atoms with Crippen molar-refractivity contribution in [3.63, 3.8) is 0 Å². The van der Waals surface area contributed by atoms with E-state index in [9.17, 15) is 13.2 Å². The Kier molecular flexibility index (Phi) is 5.59. The van der Waals surface area contributed by atoms with Gasteiger partial charge < -0.3 is 9.42 Å². The summed E-state index contributed by atoms with van der Waals surface area (Å²) in [5, 5.41) is 4.12. The van der Waals surface area contributed by atoms with Crippen molar-refractivity contribution in [1.82, 2.24) is 19.3 Å². The molecule has 156 valence electrons. The largest absolute Gasteiger partial charge is 0.336 e. The molecule has 0 radical (unpaired) electrons. The molecule has 0 spiro atoms. The van der Waals surface area contributed by atoms with E-state index >= 15 is 0 Å². The van der Waals surface area contributed by atoms with Crippen molar-refractivity contribution in [3.8, 4) is 11.5 Å². The normalized spacial score (nSPS) is 15.3. The molecule has 0 atom stereocenters. The van der Waals surface area contributed by atoms with E-state index in [4.69, 9.17) is 16.1 Å². The Morgan fingerprint density at radius 1 is 1.07 bits per heavy atom. The van der Waals surface area contributed by atoms with Gasteiger partial charge in [0.2, 0.25) is 10.0 Å². The zero-order valence-electron chi connectivity index (χ0n) is 16.2. The minimum Gasteiger partial charge on any atom is -0.336 e. The molecule has 1 aromatic heterocycles. The topological polar surface area (TPSA) is 96.6 Å². The molecule has 0 unspecified atom stereocenters. The summed E-state index contributed by atoms with van der Waals surface area (Å²) in [7, 11) is -3.64. The molecule has 4 rings (SSSR count). The number of hydrogen-bond donors (Lipinski definition) is 0. The molecule has 1 aliphatic rings. The standard InChI is InChI=1S/C20H19ClN4O4S/c1-14-22-19(29-23-14)15-5-7-16(8-6-15)20(26)24-9-11-25(12-10-24)30(27,28)18-4-2-3-17(21)13-18/h2-8,13H,9-12H2,1H3. The summed E-state index contributed by atoms with van der Waals surface area (Å²) in [6.07, 6.45) is 0. The van der Waals surface area contributed by atoms with Crippen LogP contribution in [0, 0.1) is 6.92 Å². The molecule has 30 heavy (non-hydrogen) atoms. The van der Waals surface area contributed by atoms with Crippen molar-refractivity contribution in [1.29, 1.82) is 0 Å². The molecule has 0 aliphatic carbocycles. The number of halogens is 1. The molecule has 2 heterocycles. The second-order valence-corrected chi connectivity index (χ2v) is 9.25. The average molecular weight is 447 g/mol. The van der Waals surface area contributed by atoms with Gasteiger partial charge in [-0.1, -0.05) is 22.8 Å². The summed E-state index contributed by atoms with van der Waals surface area (Å²) in [4.78, 5) is 18.8. The van der Waals surface area contributed by atoms with Crippen molar-refractivity contribution in [2.24, 2.45) is 0 Å². The number of carbonyl (C=O) groups is 1. The number of carbonyl (C=O) groups excluding carboxylic acids is 1. The number of piperazine rings is 1. The van der Waals surface area contributed by atoms with Crippen molar-refractivity contribution in [2.75, 3.05) is 26.2 Å². The quantitative estimate of drug-likeness (QED) is 0.611. The van der Waals surface area contributed by atoms with E-state index in [0.717, 1.165) is 5.56 Å². The third kappa shape index (κ3) is 4.09. The minimum absolute atomic E-state index is 0.150. The zero-order chi connectivity index (χ0) is 21.3. The van der Waals surface area contributed by atoms with Crippen molar-refractivity contribution < 1.29 is 17.7 Å². The summed E-state index contributed by atoms with van der Waals surface area (Å²) in [6, 6.07) is 13.1. The van der Waals surface area contributed by atoms with Gasteiger partial charge in [-0.3, -0.25) is 4.79 Å². The highest BCUT2D eigenvalue weighted by Crippen LogP contribution is 2.22. The molecule has 1 amide bonds. The van der Waals surface area contributed by atoms with Gasteiger partial charge in [0.15, 0.2) is 5.82 Å². The second kappa shape index (κ2) is 8.17. The van der Waals surface area contributed by atoms with Crippen LogP contribution in [0.15, 0.2) is 57.9 Å². The third-order valence-corrected chi connectivity index (χ3v) is 7.00. The lowest BCUT2D eigenvalue weighted by molar-refractivity contribution is 0.0698. The number of sulfonamides is 1. The highest BCUT2D eigenvalue weighted by atomic mass is 35.5. The Balaban J connectivity index is 1.42. The van der Waals surface area contributed by atoms with Gasteiger partial charge in [-0.2, -0.15) is 9.29 Å². The first-order valence-electron chi connectivity index (χ1n) is 9.30. The average Bonchev–Trinajstić information content (AvgIpc) is 3.20. The highest BCUT2D eigenvalue weighted by Gasteiger charge is 2.30. The van der Waals surface area contributed by atoms with E-state index in [0.29, 0.717) is 35.4 Å². The Hall–Kier alpha value is -2.75. The summed E-state index contributed by atoms with van der Waals surface area (Å²) in [5.74, 6) is 0.783. The molecular weight excluding hydrogens is 428 g/mol. The summed E-state index contributed by atoms with van der Waals surface area (Å²) >= 11 is 5.92. The maximum absolute atomic E-state index is 12.8. The van der Waals surface area contributed by atoms with E-state index in [1.165, 1.54) is 16.4 Å². The highest BCUT2D eigenvalue weighted by molar-refractivity contribution is 7.89. The molecule has 3 aromatic rings. The first-order valence-corrected chi connectivity index (χ1v) is 11.1. The predicted octanol–water partition coefficient (Wildman–Crippen LogP) is 2.85. The molecule has 1 saturated heterocycles. The van der Waals surface area contributed by atoms with Crippen molar-refractivity contribution in [3.05, 3.63) is 64.9 Å². The SMILES string of the molecule is Cc1noc(-c2ccc(C(=O)N3CCN(S(=O)(=O)c4cccc(Cl)c4)CC3)cc2)n1. The van der Waals surface area contributed by atoms with Gasteiger partial charge >= 0.3 is 0 Å². The van der Waals surface area contributed by atoms with Gasteiger partial charge in [0.05, 0.1) is 4.90 Å². The fourth-order valence-electron chi connectivity index (χ4n) is 3.26. The zero-order valence-corrected chi connectivity index (χ0v) is 17.7. The van der Waals surface area contributed by atoms with Gasteiger partial charge in [-0.25, -0.2) is 8.42 Å². The molecule has 0 saturated carbocycles. The van der Waals surface area contributed by atoms with E-state index < -0.39 is 10.0 Å². The molecule has 1 aliphatic heterocycles. The maximum Gasteiger partial charge on any atom is 0.257 e. The lowest BCUT2D eigenvalue weighted by Gasteiger charge is -2.34. The van der Waals surface area contributed by atoms with Crippen LogP contribution in [0.25, 0.3) is 11.5 Å². The van der Waals surface area contributed by atoms with E-state index in [1.807, 2.05) is 0 Å². The van der Waals surface area contributed by atoms with Crippen molar-refractivity contribution in [2.45, 2.75) is 11.8 Å². The van der Waals surface area contributed by atoms with Crippen LogP contribution in [-0.4, -0.2) is 59.8 Å². The third-order valence-electron chi connectivity index (χ3n) is 4.87. The first kappa shape index (κ1) is 20.5. The molecule has 0 N–H and O–H groups in total. The van der Waals surface area contributed by atoms with Crippen LogP contribution in [0.5, 0.6) is 0 Å². The Morgan fingerprint density at radius 2 is 1.77 bits per heavy atom. The molecular formula is C20H19ClN4O4S. The Morgan fingerprint density at radius 3 is 2.37 bits per heavy atom. The first-order chi connectivity index (χ1) is 14.3. The number of aryl methyl sites for hydroxylation is 1.